The molecule has 1 heterocycles. The fourth-order valence-electron chi connectivity index (χ4n) is 1.43. The van der Waals surface area contributed by atoms with Gasteiger partial charge in [0.05, 0.1) is 0 Å². The minimum atomic E-state index is -4.41. The summed E-state index contributed by atoms with van der Waals surface area (Å²) in [7, 11) is 0. The van der Waals surface area contributed by atoms with E-state index < -0.39 is 23.5 Å². The molecule has 4 nitrogen and oxygen atoms in total. The minimum absolute atomic E-state index is 0.0572. The number of nitrogens with one attached hydrogen (secondary N) is 1. The molecule has 118 valence electrons. The van der Waals surface area contributed by atoms with Crippen molar-refractivity contribution in [1.82, 2.24) is 9.59 Å². The maximum absolute atomic E-state index is 12.6. The molecule has 2 rings (SSSR count). The summed E-state index contributed by atoms with van der Waals surface area (Å²) in [4.78, 5) is 11.4. The summed E-state index contributed by atoms with van der Waals surface area (Å²) in [6.45, 7) is 0. The fraction of sp³-hybridized carbons (Fsp3) is 0.182. The molecule has 11 heteroatoms. The number of halogens is 5. The van der Waals surface area contributed by atoms with Gasteiger partial charge in [-0.15, -0.1) is 5.10 Å². The second-order valence-electron chi connectivity index (χ2n) is 3.81. The molecule has 0 aliphatic rings. The quantitative estimate of drug-likeness (QED) is 0.655. The molecule has 0 unspecified atom stereocenters. The second-order valence-corrected chi connectivity index (χ2v) is 5.71. The van der Waals surface area contributed by atoms with Gasteiger partial charge in [0.25, 0.3) is 12.3 Å². The average Bonchev–Trinajstić information content (AvgIpc) is 2.89. The van der Waals surface area contributed by atoms with Gasteiger partial charge in [-0.2, -0.15) is 13.2 Å². The molecular formula is C11H6F5N3OS2. The van der Waals surface area contributed by atoms with Gasteiger partial charge < -0.3 is 5.32 Å². The lowest BCUT2D eigenvalue weighted by Gasteiger charge is -2.07. The number of thioether (sulfide) groups is 1. The number of nitrogens with zero attached hydrogens (tertiary/aromatic N) is 2. The van der Waals surface area contributed by atoms with E-state index >= 15 is 0 Å². The van der Waals surface area contributed by atoms with Gasteiger partial charge >= 0.3 is 5.51 Å². The first-order valence-electron chi connectivity index (χ1n) is 5.54. The Labute approximate surface area is 128 Å². The third kappa shape index (κ3) is 4.37. The standard InChI is InChI=1S/C11H6F5N3OS2/c12-9(13)7-8(22-19-18-7)10(20)17-5-1-3-6(4-2-5)21-11(14,15)16/h1-4,9H,(H,17,20). The Bertz CT molecular complexity index is 656. The van der Waals surface area contributed by atoms with Gasteiger partial charge in [-0.1, -0.05) is 4.49 Å². The average molecular weight is 355 g/mol. The van der Waals surface area contributed by atoms with Crippen molar-refractivity contribution in [2.24, 2.45) is 0 Å². The van der Waals surface area contributed by atoms with Gasteiger partial charge in [0.15, 0.2) is 5.69 Å². The highest BCUT2D eigenvalue weighted by molar-refractivity contribution is 8.00. The molecule has 0 aliphatic heterocycles. The molecule has 0 radical (unpaired) electrons. The number of rotatable bonds is 4. The highest BCUT2D eigenvalue weighted by Gasteiger charge is 2.29. The summed E-state index contributed by atoms with van der Waals surface area (Å²) in [6, 6.07) is 4.80. The summed E-state index contributed by atoms with van der Waals surface area (Å²) < 4.78 is 65.0. The number of hydrogen-bond donors (Lipinski definition) is 1. The normalized spacial score (nSPS) is 11.7. The van der Waals surface area contributed by atoms with Crippen LogP contribution in [0.3, 0.4) is 0 Å². The number of aromatic nitrogens is 2. The number of benzene rings is 1. The fourth-order valence-corrected chi connectivity index (χ4v) is 2.53. The summed E-state index contributed by atoms with van der Waals surface area (Å²) in [5.41, 5.74) is -4.97. The van der Waals surface area contributed by atoms with Gasteiger partial charge in [-0.3, -0.25) is 4.79 Å². The lowest BCUT2D eigenvalue weighted by molar-refractivity contribution is -0.0328. The number of anilines is 1. The molecule has 0 bridgehead atoms. The Hall–Kier alpha value is -1.75. The Balaban J connectivity index is 2.07. The van der Waals surface area contributed by atoms with Crippen LogP contribution in [-0.2, 0) is 0 Å². The summed E-state index contributed by atoms with van der Waals surface area (Å²) >= 11 is 0.213. The van der Waals surface area contributed by atoms with Gasteiger partial charge in [-0.25, -0.2) is 8.78 Å². The van der Waals surface area contributed by atoms with Crippen LogP contribution in [0.1, 0.15) is 21.8 Å². The number of carbonyl (C=O) groups is 1. The maximum atomic E-state index is 12.6. The second kappa shape index (κ2) is 6.57. The molecule has 1 aromatic heterocycles. The number of carbonyl (C=O) groups excluding carboxylic acids is 1. The molecule has 0 saturated carbocycles. The first-order valence-corrected chi connectivity index (χ1v) is 7.13. The molecule has 0 fully saturated rings. The van der Waals surface area contributed by atoms with Crippen LogP contribution in [0.5, 0.6) is 0 Å². The summed E-state index contributed by atoms with van der Waals surface area (Å²) in [5, 5.41) is 5.46. The zero-order chi connectivity index (χ0) is 16.3. The van der Waals surface area contributed by atoms with Crippen LogP contribution in [0.15, 0.2) is 29.2 Å². The Morgan fingerprint density at radius 3 is 2.41 bits per heavy atom. The third-order valence-corrected chi connectivity index (χ3v) is 3.75. The Morgan fingerprint density at radius 1 is 1.23 bits per heavy atom. The van der Waals surface area contributed by atoms with Gasteiger partial charge in [0.2, 0.25) is 0 Å². The van der Waals surface area contributed by atoms with Crippen LogP contribution >= 0.6 is 23.3 Å². The van der Waals surface area contributed by atoms with Gasteiger partial charge in [-0.05, 0) is 47.6 Å². The Morgan fingerprint density at radius 2 is 1.86 bits per heavy atom. The van der Waals surface area contributed by atoms with Crippen molar-refractivity contribution in [1.29, 1.82) is 0 Å². The highest BCUT2D eigenvalue weighted by Crippen LogP contribution is 2.37. The van der Waals surface area contributed by atoms with Crippen LogP contribution in [0.4, 0.5) is 27.6 Å². The van der Waals surface area contributed by atoms with Crippen molar-refractivity contribution in [2.75, 3.05) is 5.32 Å². The van der Waals surface area contributed by atoms with Crippen molar-refractivity contribution in [3.63, 3.8) is 0 Å². The lowest BCUT2D eigenvalue weighted by atomic mass is 10.3. The van der Waals surface area contributed by atoms with E-state index in [1.54, 1.807) is 0 Å². The van der Waals surface area contributed by atoms with Crippen LogP contribution in [0.25, 0.3) is 0 Å². The van der Waals surface area contributed by atoms with Crippen LogP contribution in [-0.4, -0.2) is 21.0 Å². The zero-order valence-corrected chi connectivity index (χ0v) is 12.0. The first-order chi connectivity index (χ1) is 10.3. The molecule has 0 spiro atoms. The van der Waals surface area contributed by atoms with E-state index in [9.17, 15) is 26.7 Å². The van der Waals surface area contributed by atoms with E-state index in [0.29, 0.717) is 11.5 Å². The Kier molecular flexibility index (Phi) is 4.96. The highest BCUT2D eigenvalue weighted by atomic mass is 32.2. The predicted octanol–water partition coefficient (Wildman–Crippen LogP) is 4.34. The number of amides is 1. The molecule has 2 aromatic rings. The maximum Gasteiger partial charge on any atom is 0.446 e. The van der Waals surface area contributed by atoms with E-state index in [-0.39, 0.29) is 27.2 Å². The zero-order valence-electron chi connectivity index (χ0n) is 10.4. The monoisotopic (exact) mass is 355 g/mol. The van der Waals surface area contributed by atoms with Crippen molar-refractivity contribution >= 4 is 34.9 Å². The molecule has 0 atom stereocenters. The molecule has 22 heavy (non-hydrogen) atoms. The lowest BCUT2D eigenvalue weighted by Crippen LogP contribution is -2.12. The van der Waals surface area contributed by atoms with Gasteiger partial charge in [0.1, 0.15) is 4.88 Å². The SMILES string of the molecule is O=C(Nc1ccc(SC(F)(F)F)cc1)c1snnc1C(F)F. The van der Waals surface area contributed by atoms with Crippen molar-refractivity contribution in [2.45, 2.75) is 16.8 Å². The molecule has 1 amide bonds. The third-order valence-electron chi connectivity index (χ3n) is 2.27. The van der Waals surface area contributed by atoms with E-state index in [1.807, 2.05) is 0 Å². The van der Waals surface area contributed by atoms with E-state index in [4.69, 9.17) is 0 Å². The summed E-state index contributed by atoms with van der Waals surface area (Å²) in [5.74, 6) is -0.846. The molecule has 0 aliphatic carbocycles. The van der Waals surface area contributed by atoms with E-state index in [0.717, 1.165) is 12.1 Å². The summed E-state index contributed by atoms with van der Waals surface area (Å²) in [6.07, 6.45) is -2.94. The van der Waals surface area contributed by atoms with Crippen molar-refractivity contribution in [3.05, 3.63) is 34.8 Å². The first kappa shape index (κ1) is 16.6. The largest absolute Gasteiger partial charge is 0.446 e. The molecule has 0 saturated heterocycles. The smallest absolute Gasteiger partial charge is 0.321 e. The van der Waals surface area contributed by atoms with E-state index in [1.165, 1.54) is 12.1 Å². The van der Waals surface area contributed by atoms with Crippen LogP contribution in [0, 0.1) is 0 Å². The van der Waals surface area contributed by atoms with Crippen molar-refractivity contribution < 1.29 is 26.7 Å². The van der Waals surface area contributed by atoms with Crippen molar-refractivity contribution in [3.8, 4) is 0 Å². The van der Waals surface area contributed by atoms with Gasteiger partial charge in [0, 0.05) is 10.6 Å². The number of hydrogen-bond acceptors (Lipinski definition) is 5. The molecule has 1 N–H and O–H groups in total. The predicted molar refractivity (Wildman–Crippen MR) is 71.2 cm³/mol. The minimum Gasteiger partial charge on any atom is -0.321 e. The van der Waals surface area contributed by atoms with Crippen LogP contribution in [0.2, 0.25) is 0 Å². The number of alkyl halides is 5. The van der Waals surface area contributed by atoms with Crippen LogP contribution < -0.4 is 5.32 Å². The molecule has 1 aromatic carbocycles. The topological polar surface area (TPSA) is 54.9 Å². The molecular weight excluding hydrogens is 349 g/mol. The van der Waals surface area contributed by atoms with E-state index in [2.05, 4.69) is 14.9 Å².